The summed E-state index contributed by atoms with van der Waals surface area (Å²) in [6, 6.07) is 6.03. The Kier molecular flexibility index (Phi) is 4.44. The van der Waals surface area contributed by atoms with Crippen LogP contribution in [0.1, 0.15) is 37.0 Å². The van der Waals surface area contributed by atoms with Crippen molar-refractivity contribution >= 4 is 17.6 Å². The summed E-state index contributed by atoms with van der Waals surface area (Å²) in [5, 5.41) is 11.4. The highest BCUT2D eigenvalue weighted by Crippen LogP contribution is 2.12. The number of hydrogen-bond donors (Lipinski definition) is 3. The lowest BCUT2D eigenvalue weighted by Gasteiger charge is -2.17. The minimum Gasteiger partial charge on any atom is -0.478 e. The van der Waals surface area contributed by atoms with Crippen LogP contribution in [0.4, 0.5) is 5.69 Å². The molecule has 0 aliphatic heterocycles. The number of anilines is 1. The van der Waals surface area contributed by atoms with Gasteiger partial charge in [-0.15, -0.1) is 0 Å². The van der Waals surface area contributed by atoms with Crippen LogP contribution >= 0.6 is 0 Å². The Balaban J connectivity index is 2.52. The lowest BCUT2D eigenvalue weighted by Crippen LogP contribution is -2.33. The fourth-order valence-electron chi connectivity index (χ4n) is 1.36. The maximum atomic E-state index is 11.6. The molecule has 0 unspecified atom stereocenters. The zero-order valence-electron chi connectivity index (χ0n) is 10.6. The molecule has 0 aliphatic carbocycles. The van der Waals surface area contributed by atoms with Gasteiger partial charge in [0.25, 0.3) is 0 Å². The van der Waals surface area contributed by atoms with E-state index in [2.05, 4.69) is 5.32 Å². The summed E-state index contributed by atoms with van der Waals surface area (Å²) in [6.45, 7) is 3.73. The van der Waals surface area contributed by atoms with Crippen molar-refractivity contribution in [2.45, 2.75) is 32.2 Å². The Labute approximate surface area is 106 Å². The minimum absolute atomic E-state index is 0.128. The van der Waals surface area contributed by atoms with Crippen molar-refractivity contribution in [1.82, 2.24) is 0 Å². The molecule has 98 valence electrons. The first kappa shape index (κ1) is 14.2. The van der Waals surface area contributed by atoms with Gasteiger partial charge in [0.1, 0.15) is 0 Å². The number of carboxylic acid groups (broad SMARTS) is 1. The number of carbonyl (C=O) groups excluding carboxylic acids is 1. The van der Waals surface area contributed by atoms with Crippen LogP contribution in [0.5, 0.6) is 0 Å². The lowest BCUT2D eigenvalue weighted by atomic mass is 10.00. The van der Waals surface area contributed by atoms with Gasteiger partial charge in [-0.05, 0) is 44.5 Å². The van der Waals surface area contributed by atoms with E-state index >= 15 is 0 Å². The third kappa shape index (κ3) is 4.97. The van der Waals surface area contributed by atoms with E-state index in [1.165, 1.54) is 12.1 Å². The second-order valence-electron chi connectivity index (χ2n) is 4.92. The number of carboxylic acids is 1. The van der Waals surface area contributed by atoms with Gasteiger partial charge in [0.05, 0.1) is 5.56 Å². The number of nitrogens with one attached hydrogen (secondary N) is 1. The van der Waals surface area contributed by atoms with Crippen LogP contribution in [0.25, 0.3) is 0 Å². The highest BCUT2D eigenvalue weighted by molar-refractivity contribution is 5.92. The van der Waals surface area contributed by atoms with E-state index in [9.17, 15) is 9.59 Å². The molecule has 5 heteroatoms. The first-order valence-corrected chi connectivity index (χ1v) is 5.70. The third-order valence-electron chi connectivity index (χ3n) is 2.41. The van der Waals surface area contributed by atoms with Gasteiger partial charge in [-0.1, -0.05) is 0 Å². The summed E-state index contributed by atoms with van der Waals surface area (Å²) >= 11 is 0. The normalized spacial score (nSPS) is 11.1. The fraction of sp³-hybridized carbons (Fsp3) is 0.385. The van der Waals surface area contributed by atoms with Crippen LogP contribution < -0.4 is 11.1 Å². The maximum absolute atomic E-state index is 11.6. The Bertz CT molecular complexity index is 433. The quantitative estimate of drug-likeness (QED) is 0.743. The van der Waals surface area contributed by atoms with E-state index < -0.39 is 5.97 Å². The van der Waals surface area contributed by atoms with Crippen molar-refractivity contribution in [3.63, 3.8) is 0 Å². The zero-order chi connectivity index (χ0) is 13.8. The van der Waals surface area contributed by atoms with Crippen LogP contribution in [-0.2, 0) is 4.79 Å². The number of amides is 1. The number of carbonyl (C=O) groups is 2. The highest BCUT2D eigenvalue weighted by Gasteiger charge is 2.13. The van der Waals surface area contributed by atoms with E-state index in [-0.39, 0.29) is 17.0 Å². The number of rotatable bonds is 5. The molecule has 1 aromatic rings. The molecule has 1 aromatic carbocycles. The lowest BCUT2D eigenvalue weighted by molar-refractivity contribution is -0.116. The third-order valence-corrected chi connectivity index (χ3v) is 2.41. The molecular formula is C13H18N2O3. The van der Waals surface area contributed by atoms with Gasteiger partial charge < -0.3 is 16.2 Å². The maximum Gasteiger partial charge on any atom is 0.335 e. The summed E-state index contributed by atoms with van der Waals surface area (Å²) in [6.07, 6.45) is 0.927. The average molecular weight is 250 g/mol. The van der Waals surface area contributed by atoms with E-state index in [4.69, 9.17) is 10.8 Å². The second kappa shape index (κ2) is 5.64. The SMILES string of the molecule is CC(C)(N)CCC(=O)Nc1ccc(C(=O)O)cc1. The minimum atomic E-state index is -0.988. The highest BCUT2D eigenvalue weighted by atomic mass is 16.4. The molecule has 0 saturated carbocycles. The monoisotopic (exact) mass is 250 g/mol. The van der Waals surface area contributed by atoms with Crippen molar-refractivity contribution in [1.29, 1.82) is 0 Å². The fourth-order valence-corrected chi connectivity index (χ4v) is 1.36. The average Bonchev–Trinajstić information content (AvgIpc) is 2.26. The Morgan fingerprint density at radius 2 is 1.83 bits per heavy atom. The number of hydrogen-bond acceptors (Lipinski definition) is 3. The predicted octanol–water partition coefficient (Wildman–Crippen LogP) is 1.84. The topological polar surface area (TPSA) is 92.4 Å². The summed E-state index contributed by atoms with van der Waals surface area (Å²) < 4.78 is 0. The summed E-state index contributed by atoms with van der Waals surface area (Å²) in [7, 11) is 0. The molecule has 1 amide bonds. The number of nitrogens with two attached hydrogens (primary N) is 1. The van der Waals surface area contributed by atoms with Crippen LogP contribution in [0.3, 0.4) is 0 Å². The first-order valence-electron chi connectivity index (χ1n) is 5.70. The molecule has 0 aromatic heterocycles. The smallest absolute Gasteiger partial charge is 0.335 e. The molecule has 4 N–H and O–H groups in total. The number of benzene rings is 1. The molecule has 5 nitrogen and oxygen atoms in total. The van der Waals surface area contributed by atoms with Gasteiger partial charge in [0.2, 0.25) is 5.91 Å². The molecular weight excluding hydrogens is 232 g/mol. The van der Waals surface area contributed by atoms with Gasteiger partial charge in [0.15, 0.2) is 0 Å². The van der Waals surface area contributed by atoms with Gasteiger partial charge in [0, 0.05) is 17.6 Å². The number of aromatic carboxylic acids is 1. The van der Waals surface area contributed by atoms with Crippen LogP contribution in [0.2, 0.25) is 0 Å². The van der Waals surface area contributed by atoms with Crippen molar-refractivity contribution < 1.29 is 14.7 Å². The molecule has 0 heterocycles. The Hall–Kier alpha value is -1.88. The summed E-state index contributed by atoms with van der Waals surface area (Å²) in [5.74, 6) is -1.12. The standard InChI is InChI=1S/C13H18N2O3/c1-13(2,14)8-7-11(16)15-10-5-3-9(4-6-10)12(17)18/h3-6H,7-8,14H2,1-2H3,(H,15,16)(H,17,18). The van der Waals surface area contributed by atoms with Gasteiger partial charge in [-0.3, -0.25) is 4.79 Å². The molecule has 0 radical (unpaired) electrons. The zero-order valence-corrected chi connectivity index (χ0v) is 10.6. The molecule has 18 heavy (non-hydrogen) atoms. The van der Waals surface area contributed by atoms with Crippen molar-refractivity contribution in [2.75, 3.05) is 5.32 Å². The van der Waals surface area contributed by atoms with E-state index in [1.54, 1.807) is 12.1 Å². The molecule has 1 rings (SSSR count). The summed E-state index contributed by atoms with van der Waals surface area (Å²) in [4.78, 5) is 22.2. The molecule has 0 bridgehead atoms. The summed E-state index contributed by atoms with van der Waals surface area (Å²) in [5.41, 5.74) is 6.19. The van der Waals surface area contributed by atoms with Gasteiger partial charge in [-0.25, -0.2) is 4.79 Å². The van der Waals surface area contributed by atoms with Crippen molar-refractivity contribution in [3.05, 3.63) is 29.8 Å². The molecule has 0 saturated heterocycles. The molecule has 0 aliphatic rings. The van der Waals surface area contributed by atoms with Crippen molar-refractivity contribution in [3.8, 4) is 0 Å². The van der Waals surface area contributed by atoms with Crippen LogP contribution in [0, 0.1) is 0 Å². The Morgan fingerprint density at radius 3 is 2.28 bits per heavy atom. The predicted molar refractivity (Wildman–Crippen MR) is 69.5 cm³/mol. The molecule has 0 spiro atoms. The van der Waals surface area contributed by atoms with E-state index in [1.807, 2.05) is 13.8 Å². The van der Waals surface area contributed by atoms with Gasteiger partial charge >= 0.3 is 5.97 Å². The Morgan fingerprint density at radius 1 is 1.28 bits per heavy atom. The second-order valence-corrected chi connectivity index (χ2v) is 4.92. The van der Waals surface area contributed by atoms with Gasteiger partial charge in [-0.2, -0.15) is 0 Å². The van der Waals surface area contributed by atoms with Crippen molar-refractivity contribution in [2.24, 2.45) is 5.73 Å². The van der Waals surface area contributed by atoms with Crippen LogP contribution in [0.15, 0.2) is 24.3 Å². The molecule has 0 atom stereocenters. The first-order chi connectivity index (χ1) is 8.28. The van der Waals surface area contributed by atoms with E-state index in [0.717, 1.165) is 0 Å². The molecule has 0 fully saturated rings. The van der Waals surface area contributed by atoms with Crippen LogP contribution in [-0.4, -0.2) is 22.5 Å². The van der Waals surface area contributed by atoms with E-state index in [0.29, 0.717) is 18.5 Å². The largest absolute Gasteiger partial charge is 0.478 e.